The molecule has 2 heteroatoms. The Morgan fingerprint density at radius 1 is 0.789 bits per heavy atom. The third kappa shape index (κ3) is 9.67. The van der Waals surface area contributed by atoms with Gasteiger partial charge in [-0.2, -0.15) is 0 Å². The maximum atomic E-state index is 6.59. The summed E-state index contributed by atoms with van der Waals surface area (Å²) >= 11 is 0. The van der Waals surface area contributed by atoms with Crippen molar-refractivity contribution in [2.75, 3.05) is 6.61 Å². The lowest BCUT2D eigenvalue weighted by atomic mass is 10.2. The van der Waals surface area contributed by atoms with Gasteiger partial charge in [-0.15, -0.1) is 0 Å². The molecule has 0 amide bonds. The average molecular weight is 287 g/mol. The van der Waals surface area contributed by atoms with Gasteiger partial charge in [-0.05, 0) is 30.5 Å². The van der Waals surface area contributed by atoms with Crippen LogP contribution in [0.25, 0.3) is 0 Å². The minimum Gasteiger partial charge on any atom is -0.417 e. The second-order valence-corrected chi connectivity index (χ2v) is 10.7. The van der Waals surface area contributed by atoms with Gasteiger partial charge < -0.3 is 4.43 Å². The number of unbranched alkanes of at least 4 members (excludes halogenated alkanes) is 3. The first kappa shape index (κ1) is 19.2. The van der Waals surface area contributed by atoms with Crippen molar-refractivity contribution >= 4 is 8.32 Å². The van der Waals surface area contributed by atoms with E-state index in [2.05, 4.69) is 34.6 Å². The second-order valence-electron chi connectivity index (χ2n) is 6.52. The van der Waals surface area contributed by atoms with Crippen molar-refractivity contribution in [1.29, 1.82) is 0 Å². The van der Waals surface area contributed by atoms with Crippen LogP contribution in [0.1, 0.15) is 79.6 Å². The van der Waals surface area contributed by atoms with Gasteiger partial charge in [0, 0.05) is 6.61 Å². The molecule has 0 aliphatic rings. The SMILES string of the molecule is CCCC[Si](CCCC)(CCCC)OCCC(C)C. The molecule has 0 rings (SSSR count). The molecule has 0 unspecified atom stereocenters. The van der Waals surface area contributed by atoms with E-state index in [0.717, 1.165) is 12.5 Å². The van der Waals surface area contributed by atoms with Gasteiger partial charge in [-0.3, -0.25) is 0 Å². The highest BCUT2D eigenvalue weighted by Crippen LogP contribution is 2.30. The van der Waals surface area contributed by atoms with Gasteiger partial charge in [0.05, 0.1) is 0 Å². The van der Waals surface area contributed by atoms with E-state index in [9.17, 15) is 0 Å². The lowest BCUT2D eigenvalue weighted by Crippen LogP contribution is -2.38. The van der Waals surface area contributed by atoms with Crippen LogP contribution < -0.4 is 0 Å². The molecule has 0 aliphatic heterocycles. The van der Waals surface area contributed by atoms with E-state index in [4.69, 9.17) is 4.43 Å². The highest BCUT2D eigenvalue weighted by atomic mass is 28.4. The predicted molar refractivity (Wildman–Crippen MR) is 90.3 cm³/mol. The van der Waals surface area contributed by atoms with Crippen LogP contribution in [-0.2, 0) is 4.43 Å². The molecule has 0 spiro atoms. The minimum absolute atomic E-state index is 0.773. The van der Waals surface area contributed by atoms with E-state index in [-0.39, 0.29) is 0 Å². The zero-order chi connectivity index (χ0) is 14.6. The van der Waals surface area contributed by atoms with E-state index >= 15 is 0 Å². The Labute approximate surface area is 123 Å². The Bertz CT molecular complexity index is 170. The fourth-order valence-electron chi connectivity index (χ4n) is 2.60. The van der Waals surface area contributed by atoms with Gasteiger partial charge in [0.15, 0.2) is 8.32 Å². The quantitative estimate of drug-likeness (QED) is 0.356. The number of hydrogen-bond donors (Lipinski definition) is 0. The van der Waals surface area contributed by atoms with E-state index in [1.165, 1.54) is 63.1 Å². The zero-order valence-corrected chi connectivity index (χ0v) is 15.3. The Kier molecular flexibility index (Phi) is 12.1. The summed E-state index contributed by atoms with van der Waals surface area (Å²) in [7, 11) is -1.43. The van der Waals surface area contributed by atoms with Crippen molar-refractivity contribution in [3.05, 3.63) is 0 Å². The van der Waals surface area contributed by atoms with E-state index in [1.54, 1.807) is 0 Å². The highest BCUT2D eigenvalue weighted by molar-refractivity contribution is 6.73. The van der Waals surface area contributed by atoms with Gasteiger partial charge >= 0.3 is 0 Å². The average Bonchev–Trinajstić information content (AvgIpc) is 2.39. The van der Waals surface area contributed by atoms with E-state index in [0.29, 0.717) is 0 Å². The molecule has 0 radical (unpaired) electrons. The normalized spacial score (nSPS) is 12.3. The molecule has 0 aromatic heterocycles. The molecule has 0 fully saturated rings. The van der Waals surface area contributed by atoms with Crippen LogP contribution in [0.5, 0.6) is 0 Å². The largest absolute Gasteiger partial charge is 0.417 e. The standard InChI is InChI=1S/C17H38OSi/c1-6-9-14-19(15-10-7-2,16-11-8-3)18-13-12-17(4)5/h17H,6-16H2,1-5H3. The molecule has 0 atom stereocenters. The van der Waals surface area contributed by atoms with Gasteiger partial charge in [0.25, 0.3) is 0 Å². The summed E-state index contributed by atoms with van der Waals surface area (Å²) in [6.45, 7) is 12.6. The second kappa shape index (κ2) is 12.0. The highest BCUT2D eigenvalue weighted by Gasteiger charge is 2.32. The van der Waals surface area contributed by atoms with Crippen LogP contribution in [0.2, 0.25) is 18.1 Å². The number of hydrogen-bond acceptors (Lipinski definition) is 1. The summed E-state index contributed by atoms with van der Waals surface area (Å²) in [6, 6.07) is 4.21. The molecule has 0 aliphatic carbocycles. The van der Waals surface area contributed by atoms with Gasteiger partial charge in [-0.1, -0.05) is 73.1 Å². The summed E-state index contributed by atoms with van der Waals surface area (Å²) in [5.74, 6) is 0.773. The first-order valence-corrected chi connectivity index (χ1v) is 11.3. The summed E-state index contributed by atoms with van der Waals surface area (Å²) < 4.78 is 6.59. The summed E-state index contributed by atoms with van der Waals surface area (Å²) in [6.07, 6.45) is 9.32. The molecule has 1 nitrogen and oxygen atoms in total. The Balaban J connectivity index is 4.47. The van der Waals surface area contributed by atoms with Crippen molar-refractivity contribution in [1.82, 2.24) is 0 Å². The predicted octanol–water partition coefficient (Wildman–Crippen LogP) is 6.39. The van der Waals surface area contributed by atoms with Crippen LogP contribution in [0.15, 0.2) is 0 Å². The van der Waals surface area contributed by atoms with Crippen molar-refractivity contribution in [3.63, 3.8) is 0 Å². The third-order valence-corrected chi connectivity index (χ3v) is 8.67. The lowest BCUT2D eigenvalue weighted by molar-refractivity contribution is 0.269. The maximum absolute atomic E-state index is 6.59. The Morgan fingerprint density at radius 2 is 1.21 bits per heavy atom. The molecule has 0 heterocycles. The van der Waals surface area contributed by atoms with Gasteiger partial charge in [-0.25, -0.2) is 0 Å². The first-order valence-electron chi connectivity index (χ1n) is 8.74. The smallest absolute Gasteiger partial charge is 0.192 e. The summed E-state index contributed by atoms with van der Waals surface area (Å²) in [5.41, 5.74) is 0. The molecule has 19 heavy (non-hydrogen) atoms. The van der Waals surface area contributed by atoms with Crippen molar-refractivity contribution < 1.29 is 4.43 Å². The topological polar surface area (TPSA) is 9.23 Å². The van der Waals surface area contributed by atoms with Crippen LogP contribution >= 0.6 is 0 Å². The Morgan fingerprint density at radius 3 is 1.53 bits per heavy atom. The number of rotatable bonds is 13. The Hall–Kier alpha value is 0.177. The molecular weight excluding hydrogens is 248 g/mol. The lowest BCUT2D eigenvalue weighted by Gasteiger charge is -2.32. The third-order valence-electron chi connectivity index (χ3n) is 4.06. The first-order chi connectivity index (χ1) is 9.10. The fraction of sp³-hybridized carbons (Fsp3) is 1.00. The summed E-state index contributed by atoms with van der Waals surface area (Å²) in [4.78, 5) is 0. The van der Waals surface area contributed by atoms with Crippen LogP contribution in [0.3, 0.4) is 0 Å². The van der Waals surface area contributed by atoms with Crippen LogP contribution in [0.4, 0.5) is 0 Å². The molecule has 0 saturated carbocycles. The fourth-order valence-corrected chi connectivity index (χ4v) is 7.33. The zero-order valence-electron chi connectivity index (χ0n) is 14.3. The molecular formula is C17H38OSi. The van der Waals surface area contributed by atoms with Gasteiger partial charge in [0.2, 0.25) is 0 Å². The van der Waals surface area contributed by atoms with Gasteiger partial charge in [0.1, 0.15) is 0 Å². The minimum atomic E-state index is -1.43. The van der Waals surface area contributed by atoms with Crippen LogP contribution in [-0.4, -0.2) is 14.9 Å². The van der Waals surface area contributed by atoms with Crippen LogP contribution in [0, 0.1) is 5.92 Å². The molecule has 0 bridgehead atoms. The molecule has 0 aromatic rings. The van der Waals surface area contributed by atoms with Crippen molar-refractivity contribution in [2.24, 2.45) is 5.92 Å². The molecule has 116 valence electrons. The van der Waals surface area contributed by atoms with Crippen molar-refractivity contribution in [3.8, 4) is 0 Å². The van der Waals surface area contributed by atoms with E-state index in [1.807, 2.05) is 0 Å². The van der Waals surface area contributed by atoms with Crippen molar-refractivity contribution in [2.45, 2.75) is 97.7 Å². The maximum Gasteiger partial charge on any atom is 0.192 e. The molecule has 0 saturated heterocycles. The molecule has 0 N–H and O–H groups in total. The molecule has 0 aromatic carbocycles. The monoisotopic (exact) mass is 286 g/mol. The van der Waals surface area contributed by atoms with E-state index < -0.39 is 8.32 Å². The summed E-state index contributed by atoms with van der Waals surface area (Å²) in [5, 5.41) is 0.